The van der Waals surface area contributed by atoms with Crippen LogP contribution in [0, 0.1) is 11.3 Å². The van der Waals surface area contributed by atoms with Gasteiger partial charge in [0.2, 0.25) is 17.8 Å². The molecule has 3 aromatic heterocycles. The molecule has 13 heteroatoms. The molecule has 6 heterocycles. The number of likely N-dealkylation sites (tertiary alicyclic amines) is 1. The summed E-state index contributed by atoms with van der Waals surface area (Å²) in [6, 6.07) is 14.6. The van der Waals surface area contributed by atoms with Crippen molar-refractivity contribution in [3.63, 3.8) is 0 Å². The fourth-order valence-corrected chi connectivity index (χ4v) is 9.98. The standard InChI is InChI=1S/C38H45N9O3.C11H23N/c1-44(2)36(50)31-19-27-21-40-37(43-34(27)47(31)29-5-3-4-6-29)41-32-13-7-25(20-39-32)22-45-23-38(24-45)15-17-46(18-16-38)28-10-8-26(9-11-28)30-12-14-33(48)42-35(30)49;1-5-7-9-12(4)10-11(3)8-6-2/h7-11,13,19-21,29-30H,3-6,12,14-18,22-24H2,1-2H3,(H,42,48,49)(H,39,40,41,43);5,11H,1,6-10H2,2-4H3. The number of fused-ring (bicyclic) bond motifs is 1. The van der Waals surface area contributed by atoms with Gasteiger partial charge in [-0.1, -0.05) is 57.4 Å². The van der Waals surface area contributed by atoms with E-state index in [0.717, 1.165) is 93.9 Å². The van der Waals surface area contributed by atoms with Crippen molar-refractivity contribution in [1.29, 1.82) is 0 Å². The molecule has 1 aromatic carbocycles. The van der Waals surface area contributed by atoms with E-state index in [2.05, 4.69) is 85.5 Å². The first-order valence-corrected chi connectivity index (χ1v) is 23.0. The lowest BCUT2D eigenvalue weighted by atomic mass is 9.72. The molecule has 1 saturated carbocycles. The van der Waals surface area contributed by atoms with Crippen LogP contribution in [0.25, 0.3) is 11.0 Å². The molecule has 3 saturated heterocycles. The third-order valence-electron chi connectivity index (χ3n) is 13.3. The smallest absolute Gasteiger partial charge is 0.270 e. The predicted molar refractivity (Wildman–Crippen MR) is 248 cm³/mol. The van der Waals surface area contributed by atoms with Gasteiger partial charge < -0.3 is 24.6 Å². The van der Waals surface area contributed by atoms with Crippen LogP contribution in [0.4, 0.5) is 17.5 Å². The molecule has 3 aliphatic heterocycles. The minimum atomic E-state index is -0.241. The van der Waals surface area contributed by atoms with E-state index in [4.69, 9.17) is 4.98 Å². The lowest BCUT2D eigenvalue weighted by molar-refractivity contribution is -0.134. The Morgan fingerprint density at radius 3 is 2.40 bits per heavy atom. The van der Waals surface area contributed by atoms with Crippen molar-refractivity contribution in [3.8, 4) is 0 Å². The summed E-state index contributed by atoms with van der Waals surface area (Å²) in [6.45, 7) is 15.8. The van der Waals surface area contributed by atoms with Gasteiger partial charge in [0.25, 0.3) is 5.91 Å². The molecule has 2 N–H and O–H groups in total. The number of rotatable bonds is 15. The Balaban J connectivity index is 0.000000422. The van der Waals surface area contributed by atoms with Crippen LogP contribution in [-0.4, -0.2) is 112 Å². The second-order valence-electron chi connectivity index (χ2n) is 18.6. The number of benzene rings is 1. The zero-order valence-electron chi connectivity index (χ0n) is 37.7. The first-order chi connectivity index (χ1) is 29.9. The maximum absolute atomic E-state index is 13.0. The normalized spacial score (nSPS) is 19.5. The van der Waals surface area contributed by atoms with Crippen molar-refractivity contribution in [1.82, 2.24) is 39.5 Å². The average molecular weight is 845 g/mol. The van der Waals surface area contributed by atoms with Crippen molar-refractivity contribution < 1.29 is 14.4 Å². The van der Waals surface area contributed by atoms with Crippen LogP contribution in [0.5, 0.6) is 0 Å². The van der Waals surface area contributed by atoms with E-state index in [0.29, 0.717) is 35.7 Å². The Bertz CT molecular complexity index is 2140. The molecule has 2 unspecified atom stereocenters. The third kappa shape index (κ3) is 10.9. The number of nitrogens with one attached hydrogen (secondary N) is 2. The molecule has 0 bridgehead atoms. The zero-order chi connectivity index (χ0) is 43.8. The summed E-state index contributed by atoms with van der Waals surface area (Å²) in [5.74, 6) is 1.38. The summed E-state index contributed by atoms with van der Waals surface area (Å²) in [4.78, 5) is 59.9. The van der Waals surface area contributed by atoms with Crippen molar-refractivity contribution >= 4 is 46.2 Å². The summed E-state index contributed by atoms with van der Waals surface area (Å²) in [7, 11) is 5.76. The number of amides is 3. The molecule has 0 radical (unpaired) electrons. The van der Waals surface area contributed by atoms with Crippen molar-refractivity contribution in [2.45, 2.75) is 103 Å². The Morgan fingerprint density at radius 1 is 1.02 bits per heavy atom. The maximum atomic E-state index is 13.0. The second-order valence-corrected chi connectivity index (χ2v) is 18.6. The number of pyridine rings is 1. The highest BCUT2D eigenvalue weighted by atomic mass is 16.2. The highest BCUT2D eigenvalue weighted by molar-refractivity contribution is 6.01. The van der Waals surface area contributed by atoms with Gasteiger partial charge in [-0.25, -0.2) is 9.97 Å². The van der Waals surface area contributed by atoms with E-state index in [-0.39, 0.29) is 29.7 Å². The molecule has 2 atom stereocenters. The van der Waals surface area contributed by atoms with Gasteiger partial charge in [0.05, 0.1) is 5.92 Å². The molecule has 8 rings (SSSR count). The summed E-state index contributed by atoms with van der Waals surface area (Å²) in [6.07, 6.45) is 17.2. The van der Waals surface area contributed by atoms with Crippen LogP contribution in [0.2, 0.25) is 0 Å². The number of imide groups is 1. The molecule has 1 aliphatic carbocycles. The number of piperidine rings is 2. The number of carbonyl (C=O) groups excluding carboxylic acids is 3. The summed E-state index contributed by atoms with van der Waals surface area (Å²) < 4.78 is 2.13. The molecular formula is C49H68N10O3. The lowest BCUT2D eigenvalue weighted by Crippen LogP contribution is -2.59. The molecule has 4 aliphatic rings. The molecule has 3 amide bonds. The zero-order valence-corrected chi connectivity index (χ0v) is 37.7. The van der Waals surface area contributed by atoms with Gasteiger partial charge in [-0.2, -0.15) is 4.98 Å². The number of anilines is 3. The fourth-order valence-electron chi connectivity index (χ4n) is 9.98. The second kappa shape index (κ2) is 20.4. The number of hydrogen-bond acceptors (Lipinski definition) is 10. The van der Waals surface area contributed by atoms with E-state index in [1.54, 1.807) is 25.2 Å². The number of carbonyl (C=O) groups is 3. The summed E-state index contributed by atoms with van der Waals surface area (Å²) in [5, 5.41) is 6.61. The Morgan fingerprint density at radius 2 is 1.76 bits per heavy atom. The van der Waals surface area contributed by atoms with Crippen LogP contribution in [0.3, 0.4) is 0 Å². The van der Waals surface area contributed by atoms with Gasteiger partial charge in [-0.3, -0.25) is 24.6 Å². The van der Waals surface area contributed by atoms with E-state index in [1.165, 1.54) is 43.5 Å². The van der Waals surface area contributed by atoms with Gasteiger partial charge in [0.1, 0.15) is 17.2 Å². The predicted octanol–water partition coefficient (Wildman–Crippen LogP) is 7.94. The van der Waals surface area contributed by atoms with Crippen LogP contribution in [0.15, 0.2) is 67.5 Å². The Kier molecular flexibility index (Phi) is 14.7. The first kappa shape index (κ1) is 44.9. The highest BCUT2D eigenvalue weighted by Crippen LogP contribution is 2.42. The minimum absolute atomic E-state index is 0.0177. The number of nitrogens with zero attached hydrogens (tertiary/aromatic N) is 8. The van der Waals surface area contributed by atoms with E-state index < -0.39 is 0 Å². The molecule has 4 fully saturated rings. The van der Waals surface area contributed by atoms with Crippen LogP contribution in [0.1, 0.15) is 118 Å². The number of hydrogen-bond donors (Lipinski definition) is 2. The summed E-state index contributed by atoms with van der Waals surface area (Å²) in [5.41, 5.74) is 5.19. The van der Waals surface area contributed by atoms with Gasteiger partial charge in [0, 0.05) is 95.8 Å². The van der Waals surface area contributed by atoms with Gasteiger partial charge in [-0.05, 0) is 98.7 Å². The van der Waals surface area contributed by atoms with E-state index in [9.17, 15) is 14.4 Å². The average Bonchev–Trinajstić information content (AvgIpc) is 3.92. The lowest BCUT2D eigenvalue weighted by Gasteiger charge is -2.54. The Labute approximate surface area is 368 Å². The minimum Gasteiger partial charge on any atom is -0.371 e. The molecule has 4 aromatic rings. The van der Waals surface area contributed by atoms with Gasteiger partial charge in [-0.15, -0.1) is 6.58 Å². The first-order valence-electron chi connectivity index (χ1n) is 23.0. The van der Waals surface area contributed by atoms with Crippen LogP contribution >= 0.6 is 0 Å². The fraction of sp³-hybridized carbons (Fsp3) is 0.551. The maximum Gasteiger partial charge on any atom is 0.270 e. The van der Waals surface area contributed by atoms with Crippen molar-refractivity contribution in [2.75, 3.05) is 70.6 Å². The Hall–Kier alpha value is -5.14. The van der Waals surface area contributed by atoms with E-state index >= 15 is 0 Å². The SMILES string of the molecule is C=CCCN(C)CC(C)CCC.CN(C)C(=O)c1cc2cnc(Nc3ccc(CN4CC5(CCN(c6ccc(C7CCC(=O)NC7=O)cc6)CC5)C4)cn3)nc2n1C1CCCC1. The molecular weight excluding hydrogens is 777 g/mol. The van der Waals surface area contributed by atoms with Gasteiger partial charge >= 0.3 is 0 Å². The van der Waals surface area contributed by atoms with E-state index in [1.807, 2.05) is 36.5 Å². The molecule has 332 valence electrons. The topological polar surface area (TPSA) is 132 Å². The van der Waals surface area contributed by atoms with Crippen LogP contribution < -0.4 is 15.5 Å². The quantitative estimate of drug-likeness (QED) is 0.0899. The monoisotopic (exact) mass is 845 g/mol. The van der Waals surface area contributed by atoms with Crippen LogP contribution in [-0.2, 0) is 16.1 Å². The summed E-state index contributed by atoms with van der Waals surface area (Å²) >= 11 is 0. The highest BCUT2D eigenvalue weighted by Gasteiger charge is 2.44. The molecule has 1 spiro atoms. The van der Waals surface area contributed by atoms with Crippen molar-refractivity contribution in [2.24, 2.45) is 11.3 Å². The molecule has 13 nitrogen and oxygen atoms in total. The van der Waals surface area contributed by atoms with Crippen molar-refractivity contribution in [3.05, 3.63) is 84.3 Å². The van der Waals surface area contributed by atoms with Gasteiger partial charge in [0.15, 0.2) is 0 Å². The third-order valence-corrected chi connectivity index (χ3v) is 13.3. The number of aromatic nitrogens is 4. The molecule has 62 heavy (non-hydrogen) atoms. The largest absolute Gasteiger partial charge is 0.371 e.